The molecule has 8 heteroatoms. The monoisotopic (exact) mass is 312 g/mol. The van der Waals surface area contributed by atoms with Gasteiger partial charge in [-0.15, -0.1) is 11.3 Å². The quantitative estimate of drug-likeness (QED) is 0.661. The third kappa shape index (κ3) is 2.97. The molecule has 2 saturated carbocycles. The second kappa shape index (κ2) is 5.22. The molecule has 2 N–H and O–H groups in total. The summed E-state index contributed by atoms with van der Waals surface area (Å²) in [6.07, 6.45) is 4.36. The zero-order chi connectivity index (χ0) is 15.0. The standard InChI is InChI=1S/C13H14F2N4OS/c14-13(15)3-8(4-13)12-17-5-10(21-12)19-11(20)7-1-9(2-7)18-6-16/h5,7-9,18H,1-4H2,(H,19,20). The molecule has 2 aliphatic rings. The van der Waals surface area contributed by atoms with Crippen LogP contribution in [0, 0.1) is 17.4 Å². The zero-order valence-corrected chi connectivity index (χ0v) is 11.9. The van der Waals surface area contributed by atoms with Crippen molar-refractivity contribution < 1.29 is 13.6 Å². The summed E-state index contributed by atoms with van der Waals surface area (Å²) < 4.78 is 25.7. The molecule has 1 aromatic rings. The number of rotatable bonds is 4. The topological polar surface area (TPSA) is 77.8 Å². The van der Waals surface area contributed by atoms with Crippen LogP contribution in [0.2, 0.25) is 0 Å². The minimum absolute atomic E-state index is 0.0833. The summed E-state index contributed by atoms with van der Waals surface area (Å²) in [6, 6.07) is 0.0833. The molecule has 0 unspecified atom stereocenters. The molecule has 3 rings (SSSR count). The predicted molar refractivity (Wildman–Crippen MR) is 72.9 cm³/mol. The lowest BCUT2D eigenvalue weighted by Gasteiger charge is -2.33. The first-order valence-corrected chi connectivity index (χ1v) is 7.57. The summed E-state index contributed by atoms with van der Waals surface area (Å²) in [4.78, 5) is 16.1. The number of aromatic nitrogens is 1. The van der Waals surface area contributed by atoms with Crippen molar-refractivity contribution in [2.75, 3.05) is 5.32 Å². The predicted octanol–water partition coefficient (Wildman–Crippen LogP) is 2.44. The first-order valence-electron chi connectivity index (χ1n) is 6.76. The van der Waals surface area contributed by atoms with Crippen LogP contribution in [0.5, 0.6) is 0 Å². The Kier molecular flexibility index (Phi) is 3.53. The van der Waals surface area contributed by atoms with Crippen molar-refractivity contribution in [1.29, 1.82) is 5.26 Å². The van der Waals surface area contributed by atoms with Gasteiger partial charge in [0.15, 0.2) is 6.19 Å². The van der Waals surface area contributed by atoms with Crippen LogP contribution in [0.3, 0.4) is 0 Å². The van der Waals surface area contributed by atoms with E-state index in [4.69, 9.17) is 5.26 Å². The van der Waals surface area contributed by atoms with Gasteiger partial charge in [0.1, 0.15) is 5.00 Å². The largest absolute Gasteiger partial charge is 0.321 e. The van der Waals surface area contributed by atoms with E-state index in [1.54, 1.807) is 0 Å². The highest BCUT2D eigenvalue weighted by molar-refractivity contribution is 7.15. The maximum absolute atomic E-state index is 12.8. The van der Waals surface area contributed by atoms with Gasteiger partial charge in [-0.25, -0.2) is 13.8 Å². The van der Waals surface area contributed by atoms with Crippen LogP contribution in [0.1, 0.15) is 36.6 Å². The van der Waals surface area contributed by atoms with E-state index in [9.17, 15) is 13.6 Å². The molecule has 1 amide bonds. The Labute approximate surface area is 124 Å². The average Bonchev–Trinajstić information content (AvgIpc) is 2.78. The van der Waals surface area contributed by atoms with Crippen molar-refractivity contribution in [3.8, 4) is 6.19 Å². The molecule has 0 spiro atoms. The number of hydrogen-bond donors (Lipinski definition) is 2. The number of halogens is 2. The summed E-state index contributed by atoms with van der Waals surface area (Å²) in [5, 5.41) is 15.1. The first kappa shape index (κ1) is 14.2. The molecule has 1 heterocycles. The fourth-order valence-electron chi connectivity index (χ4n) is 2.63. The molecular formula is C13H14F2N4OS. The first-order chi connectivity index (χ1) is 9.97. The summed E-state index contributed by atoms with van der Waals surface area (Å²) in [7, 11) is 0. The maximum atomic E-state index is 12.8. The molecule has 21 heavy (non-hydrogen) atoms. The highest BCUT2D eigenvalue weighted by Gasteiger charge is 2.47. The van der Waals surface area contributed by atoms with Gasteiger partial charge in [-0.3, -0.25) is 4.79 Å². The van der Waals surface area contributed by atoms with E-state index in [0.29, 0.717) is 22.9 Å². The highest BCUT2D eigenvalue weighted by atomic mass is 32.1. The van der Waals surface area contributed by atoms with Gasteiger partial charge in [-0.1, -0.05) is 0 Å². The van der Waals surface area contributed by atoms with Gasteiger partial charge in [0.2, 0.25) is 11.8 Å². The minimum Gasteiger partial charge on any atom is -0.321 e. The summed E-state index contributed by atoms with van der Waals surface area (Å²) in [6.45, 7) is 0. The molecule has 112 valence electrons. The molecule has 0 saturated heterocycles. The van der Waals surface area contributed by atoms with Gasteiger partial charge >= 0.3 is 0 Å². The Hall–Kier alpha value is -1.75. The Morgan fingerprint density at radius 2 is 2.19 bits per heavy atom. The SMILES string of the molecule is N#CNC1CC(C(=O)Nc2cnc(C3CC(F)(F)C3)s2)C1. The van der Waals surface area contributed by atoms with Crippen LogP contribution >= 0.6 is 11.3 Å². The summed E-state index contributed by atoms with van der Waals surface area (Å²) in [5.74, 6) is -2.95. The number of carbonyl (C=O) groups excluding carboxylic acids is 1. The molecule has 0 radical (unpaired) electrons. The summed E-state index contributed by atoms with van der Waals surface area (Å²) in [5.41, 5.74) is 0. The second-order valence-electron chi connectivity index (χ2n) is 5.63. The van der Waals surface area contributed by atoms with E-state index in [1.807, 2.05) is 6.19 Å². The number of thiazole rings is 1. The number of carbonyl (C=O) groups is 1. The molecular weight excluding hydrogens is 298 g/mol. The van der Waals surface area contributed by atoms with E-state index >= 15 is 0 Å². The number of nitrogens with zero attached hydrogens (tertiary/aromatic N) is 2. The number of hydrogen-bond acceptors (Lipinski definition) is 5. The Morgan fingerprint density at radius 1 is 1.48 bits per heavy atom. The van der Waals surface area contributed by atoms with Crippen LogP contribution in [0.25, 0.3) is 0 Å². The van der Waals surface area contributed by atoms with E-state index < -0.39 is 5.92 Å². The zero-order valence-electron chi connectivity index (χ0n) is 11.1. The molecule has 5 nitrogen and oxygen atoms in total. The van der Waals surface area contributed by atoms with Crippen LogP contribution in [0.4, 0.5) is 13.8 Å². The maximum Gasteiger partial charge on any atom is 0.249 e. The molecule has 2 aliphatic carbocycles. The molecule has 0 atom stereocenters. The fourth-order valence-corrected chi connectivity index (χ4v) is 3.56. The summed E-state index contributed by atoms with van der Waals surface area (Å²) >= 11 is 1.26. The smallest absolute Gasteiger partial charge is 0.249 e. The second-order valence-corrected chi connectivity index (χ2v) is 6.70. The molecule has 0 bridgehead atoms. The van der Waals surface area contributed by atoms with Crippen molar-refractivity contribution in [3.63, 3.8) is 0 Å². The van der Waals surface area contributed by atoms with Crippen LogP contribution in [-0.2, 0) is 4.79 Å². The van der Waals surface area contributed by atoms with E-state index in [2.05, 4.69) is 15.6 Å². The lowest BCUT2D eigenvalue weighted by atomic mass is 9.80. The van der Waals surface area contributed by atoms with Crippen LogP contribution in [0.15, 0.2) is 6.20 Å². The Morgan fingerprint density at radius 3 is 2.81 bits per heavy atom. The normalized spacial score (nSPS) is 27.1. The van der Waals surface area contributed by atoms with Gasteiger partial charge in [0.25, 0.3) is 0 Å². The van der Waals surface area contributed by atoms with E-state index in [0.717, 1.165) is 0 Å². The average molecular weight is 312 g/mol. The molecule has 0 aromatic carbocycles. The van der Waals surface area contributed by atoms with Crippen molar-refractivity contribution in [2.45, 2.75) is 43.6 Å². The van der Waals surface area contributed by atoms with Gasteiger partial charge < -0.3 is 10.6 Å². The molecule has 0 aliphatic heterocycles. The molecule has 1 aromatic heterocycles. The van der Waals surface area contributed by atoms with Crippen molar-refractivity contribution >= 4 is 22.2 Å². The van der Waals surface area contributed by atoms with Crippen molar-refractivity contribution in [2.24, 2.45) is 5.92 Å². The van der Waals surface area contributed by atoms with Crippen LogP contribution in [-0.4, -0.2) is 22.9 Å². The molecule has 2 fully saturated rings. The van der Waals surface area contributed by atoms with Gasteiger partial charge in [0.05, 0.1) is 11.2 Å². The van der Waals surface area contributed by atoms with E-state index in [1.165, 1.54) is 17.5 Å². The van der Waals surface area contributed by atoms with Crippen LogP contribution < -0.4 is 10.6 Å². The number of amides is 1. The van der Waals surface area contributed by atoms with Gasteiger partial charge in [-0.05, 0) is 12.8 Å². The van der Waals surface area contributed by atoms with Crippen molar-refractivity contribution in [1.82, 2.24) is 10.3 Å². The van der Waals surface area contributed by atoms with Gasteiger partial charge in [-0.2, -0.15) is 5.26 Å². The lowest BCUT2D eigenvalue weighted by molar-refractivity contribution is -0.122. The lowest BCUT2D eigenvalue weighted by Crippen LogP contribution is -2.44. The third-order valence-corrected chi connectivity index (χ3v) is 5.06. The Bertz CT molecular complexity index is 583. The highest BCUT2D eigenvalue weighted by Crippen LogP contribution is 2.49. The fraction of sp³-hybridized carbons (Fsp3) is 0.615. The number of anilines is 1. The third-order valence-electron chi connectivity index (χ3n) is 3.99. The van der Waals surface area contributed by atoms with Gasteiger partial charge in [0, 0.05) is 30.7 Å². The minimum atomic E-state index is -2.56. The number of alkyl halides is 2. The number of nitriles is 1. The van der Waals surface area contributed by atoms with Crippen molar-refractivity contribution in [3.05, 3.63) is 11.2 Å². The van der Waals surface area contributed by atoms with E-state index in [-0.39, 0.29) is 36.6 Å². The Balaban J connectivity index is 1.49. The number of nitrogens with one attached hydrogen (secondary N) is 2.